The first-order valence-corrected chi connectivity index (χ1v) is 18.7. The van der Waals surface area contributed by atoms with Crippen molar-refractivity contribution in [1.29, 1.82) is 0 Å². The van der Waals surface area contributed by atoms with Crippen molar-refractivity contribution in [1.82, 2.24) is 15.5 Å². The number of esters is 1. The van der Waals surface area contributed by atoms with E-state index in [2.05, 4.69) is 50.5 Å². The SMILES string of the molecule is CCCCC=CCCCCCCC(C)(C)NC(=O)N(CCCC)C1CCCCC1OC(=O)CCNC(=O)C1OC(C)(C)OCC1(C)C. The van der Waals surface area contributed by atoms with Gasteiger partial charge < -0.3 is 29.7 Å². The Kier molecular flexibility index (Phi) is 17.8. The number of carbonyl (C=O) groups is 3. The number of urea groups is 1. The van der Waals surface area contributed by atoms with Gasteiger partial charge in [0, 0.05) is 24.0 Å². The molecule has 0 spiro atoms. The molecule has 1 heterocycles. The molecule has 47 heavy (non-hydrogen) atoms. The standard InChI is InChI=1S/C38H69N3O6/c1-9-11-13-14-15-16-17-18-19-22-26-37(5,6)40-35(44)41(28-12-10-2)30-23-20-21-24-31(30)46-32(42)25-27-39-34(43)33-36(3,4)29-45-38(7,8)47-33/h14-15,30-31,33H,9-13,16-29H2,1-8H3,(H,39,43)(H,40,44). The molecule has 1 aliphatic carbocycles. The summed E-state index contributed by atoms with van der Waals surface area (Å²) in [4.78, 5) is 41.7. The number of rotatable bonds is 20. The summed E-state index contributed by atoms with van der Waals surface area (Å²) in [5.74, 6) is -1.46. The van der Waals surface area contributed by atoms with Crippen molar-refractivity contribution >= 4 is 17.9 Å². The fourth-order valence-electron chi connectivity index (χ4n) is 6.41. The molecule has 3 atom stereocenters. The minimum atomic E-state index is -0.845. The first-order valence-electron chi connectivity index (χ1n) is 18.7. The summed E-state index contributed by atoms with van der Waals surface area (Å²) in [7, 11) is 0. The molecule has 3 unspecified atom stereocenters. The van der Waals surface area contributed by atoms with Crippen molar-refractivity contribution in [2.45, 2.75) is 188 Å². The van der Waals surface area contributed by atoms with Crippen LogP contribution in [-0.4, -0.2) is 72.1 Å². The third-order valence-corrected chi connectivity index (χ3v) is 9.39. The Morgan fingerprint density at radius 1 is 0.915 bits per heavy atom. The van der Waals surface area contributed by atoms with Gasteiger partial charge >= 0.3 is 12.0 Å². The van der Waals surface area contributed by atoms with E-state index in [0.717, 1.165) is 57.8 Å². The number of nitrogens with one attached hydrogen (secondary N) is 2. The van der Waals surface area contributed by atoms with Crippen LogP contribution >= 0.6 is 0 Å². The fourth-order valence-corrected chi connectivity index (χ4v) is 6.41. The van der Waals surface area contributed by atoms with E-state index in [1.165, 1.54) is 38.5 Å². The second-order valence-corrected chi connectivity index (χ2v) is 15.5. The third kappa shape index (κ3) is 15.3. The minimum absolute atomic E-state index is 0.0608. The Morgan fingerprint density at radius 3 is 2.28 bits per heavy atom. The zero-order valence-corrected chi connectivity index (χ0v) is 31.2. The van der Waals surface area contributed by atoms with Gasteiger partial charge in [0.25, 0.3) is 0 Å². The van der Waals surface area contributed by atoms with Crippen molar-refractivity contribution in [2.24, 2.45) is 5.41 Å². The van der Waals surface area contributed by atoms with Crippen LogP contribution in [0.15, 0.2) is 12.2 Å². The van der Waals surface area contributed by atoms with Crippen LogP contribution in [0.5, 0.6) is 0 Å². The summed E-state index contributed by atoms with van der Waals surface area (Å²) in [6.45, 7) is 17.2. The summed E-state index contributed by atoms with van der Waals surface area (Å²) in [6, 6.07) is -0.225. The lowest BCUT2D eigenvalue weighted by atomic mass is 9.85. The molecule has 272 valence electrons. The summed E-state index contributed by atoms with van der Waals surface area (Å²) in [5.41, 5.74) is -0.809. The van der Waals surface area contributed by atoms with Crippen LogP contribution in [-0.2, 0) is 23.8 Å². The van der Waals surface area contributed by atoms with Crippen LogP contribution in [0.2, 0.25) is 0 Å². The predicted molar refractivity (Wildman–Crippen MR) is 189 cm³/mol. The molecule has 3 amide bonds. The quantitative estimate of drug-likeness (QED) is 0.0773. The van der Waals surface area contributed by atoms with E-state index in [4.69, 9.17) is 14.2 Å². The van der Waals surface area contributed by atoms with Gasteiger partial charge in [0.05, 0.1) is 19.1 Å². The monoisotopic (exact) mass is 664 g/mol. The first-order chi connectivity index (χ1) is 22.2. The molecule has 0 aromatic carbocycles. The molecule has 1 saturated heterocycles. The van der Waals surface area contributed by atoms with E-state index in [1.807, 2.05) is 18.7 Å². The molecule has 2 aliphatic rings. The summed E-state index contributed by atoms with van der Waals surface area (Å²) < 4.78 is 17.7. The van der Waals surface area contributed by atoms with Gasteiger partial charge in [-0.1, -0.05) is 84.8 Å². The van der Waals surface area contributed by atoms with Crippen molar-refractivity contribution < 1.29 is 28.6 Å². The maximum Gasteiger partial charge on any atom is 0.318 e. The number of hydrogen-bond acceptors (Lipinski definition) is 6. The van der Waals surface area contributed by atoms with Crippen molar-refractivity contribution in [3.8, 4) is 0 Å². The molecule has 1 aliphatic heterocycles. The topological polar surface area (TPSA) is 106 Å². The van der Waals surface area contributed by atoms with Crippen LogP contribution in [0.25, 0.3) is 0 Å². The number of nitrogens with zero attached hydrogens (tertiary/aromatic N) is 1. The Hall–Kier alpha value is -2.13. The van der Waals surface area contributed by atoms with E-state index in [9.17, 15) is 14.4 Å². The number of unbranched alkanes of at least 4 members (excludes halogenated alkanes) is 7. The second-order valence-electron chi connectivity index (χ2n) is 15.5. The average Bonchev–Trinajstić information content (AvgIpc) is 3.00. The lowest BCUT2D eigenvalue weighted by Gasteiger charge is -2.44. The molecule has 9 nitrogen and oxygen atoms in total. The number of amides is 3. The molecule has 2 N–H and O–H groups in total. The lowest BCUT2D eigenvalue weighted by molar-refractivity contribution is -0.304. The highest BCUT2D eigenvalue weighted by Gasteiger charge is 2.45. The molecule has 2 fully saturated rings. The molecule has 9 heteroatoms. The van der Waals surface area contributed by atoms with Crippen molar-refractivity contribution in [3.05, 3.63) is 12.2 Å². The van der Waals surface area contributed by atoms with Gasteiger partial charge in [0.1, 0.15) is 12.2 Å². The number of hydrogen-bond donors (Lipinski definition) is 2. The van der Waals surface area contributed by atoms with Crippen LogP contribution in [0.3, 0.4) is 0 Å². The lowest BCUT2D eigenvalue weighted by Crippen LogP contribution is -2.57. The van der Waals surface area contributed by atoms with Gasteiger partial charge in [-0.3, -0.25) is 9.59 Å². The van der Waals surface area contributed by atoms with Gasteiger partial charge in [-0.2, -0.15) is 0 Å². The van der Waals surface area contributed by atoms with Gasteiger partial charge in [-0.05, 0) is 79.1 Å². The third-order valence-electron chi connectivity index (χ3n) is 9.39. The van der Waals surface area contributed by atoms with Crippen molar-refractivity contribution in [3.63, 3.8) is 0 Å². The van der Waals surface area contributed by atoms with E-state index >= 15 is 0 Å². The van der Waals surface area contributed by atoms with E-state index in [1.54, 1.807) is 13.8 Å². The maximum absolute atomic E-state index is 13.8. The fraction of sp³-hybridized carbons (Fsp3) is 0.868. The van der Waals surface area contributed by atoms with Gasteiger partial charge in [-0.15, -0.1) is 0 Å². The highest BCUT2D eigenvalue weighted by atomic mass is 16.7. The minimum Gasteiger partial charge on any atom is -0.460 e. The van der Waals surface area contributed by atoms with E-state index < -0.39 is 17.3 Å². The summed E-state index contributed by atoms with van der Waals surface area (Å²) in [5, 5.41) is 6.19. The van der Waals surface area contributed by atoms with Gasteiger partial charge in [0.2, 0.25) is 5.91 Å². The second kappa shape index (κ2) is 20.4. The van der Waals surface area contributed by atoms with Crippen LogP contribution in [0.4, 0.5) is 4.79 Å². The Morgan fingerprint density at radius 2 is 1.57 bits per heavy atom. The molecular formula is C38H69N3O6. The van der Waals surface area contributed by atoms with E-state index in [-0.39, 0.29) is 48.6 Å². The molecule has 0 aromatic rings. The highest BCUT2D eigenvalue weighted by Crippen LogP contribution is 2.35. The predicted octanol–water partition coefficient (Wildman–Crippen LogP) is 8.20. The zero-order valence-electron chi connectivity index (χ0n) is 31.2. The Balaban J connectivity index is 1.87. The molecule has 2 rings (SSSR count). The normalized spacial score (nSPS) is 22.5. The smallest absolute Gasteiger partial charge is 0.318 e. The number of allylic oxidation sites excluding steroid dienone is 2. The first kappa shape index (κ1) is 41.0. The van der Waals surface area contributed by atoms with Crippen molar-refractivity contribution in [2.75, 3.05) is 19.7 Å². The average molecular weight is 664 g/mol. The zero-order chi connectivity index (χ0) is 34.9. The largest absolute Gasteiger partial charge is 0.460 e. The Labute approximate surface area is 286 Å². The van der Waals surface area contributed by atoms with Crippen LogP contribution in [0.1, 0.15) is 158 Å². The number of carbonyl (C=O) groups excluding carboxylic acids is 3. The maximum atomic E-state index is 13.8. The van der Waals surface area contributed by atoms with Crippen LogP contribution in [0, 0.1) is 5.41 Å². The molecule has 0 radical (unpaired) electrons. The molecule has 0 bridgehead atoms. The molecule has 1 saturated carbocycles. The molecular weight excluding hydrogens is 594 g/mol. The van der Waals surface area contributed by atoms with Gasteiger partial charge in [-0.25, -0.2) is 4.79 Å². The van der Waals surface area contributed by atoms with Crippen LogP contribution < -0.4 is 10.6 Å². The summed E-state index contributed by atoms with van der Waals surface area (Å²) in [6.07, 6.45) is 19.5. The summed E-state index contributed by atoms with van der Waals surface area (Å²) >= 11 is 0. The molecule has 0 aromatic heterocycles. The van der Waals surface area contributed by atoms with Gasteiger partial charge in [0.15, 0.2) is 5.79 Å². The van der Waals surface area contributed by atoms with E-state index in [0.29, 0.717) is 13.2 Å². The highest BCUT2D eigenvalue weighted by molar-refractivity contribution is 5.82. The Bertz CT molecular complexity index is 978. The number of ether oxygens (including phenoxy) is 3.